The second-order valence-corrected chi connectivity index (χ2v) is 9.80. The maximum absolute atomic E-state index is 5.35. The van der Waals surface area contributed by atoms with Gasteiger partial charge in [0.2, 0.25) is 0 Å². The Bertz CT molecular complexity index is 254. The predicted octanol–water partition coefficient (Wildman–Crippen LogP) is 7.32. The van der Waals surface area contributed by atoms with Crippen molar-refractivity contribution in [3.63, 3.8) is 0 Å². The van der Waals surface area contributed by atoms with Gasteiger partial charge in [0.25, 0.3) is 0 Å². The van der Waals surface area contributed by atoms with E-state index in [4.69, 9.17) is 8.85 Å². The molecule has 0 amide bonds. The van der Waals surface area contributed by atoms with E-state index < -0.39 is 9.28 Å². The largest absolute Gasteiger partial charge is 0.400 e. The van der Waals surface area contributed by atoms with Crippen molar-refractivity contribution < 1.29 is 8.85 Å². The van der Waals surface area contributed by atoms with Crippen LogP contribution >= 0.6 is 0 Å². The molecule has 0 saturated heterocycles. The molecule has 0 unspecified atom stereocenters. The second-order valence-electron chi connectivity index (χ2n) is 7.42. The summed E-state index contributed by atoms with van der Waals surface area (Å²) in [6.07, 6.45) is 25.9. The van der Waals surface area contributed by atoms with Crippen LogP contribution in [-0.2, 0) is 8.85 Å². The molecule has 0 aliphatic heterocycles. The van der Waals surface area contributed by atoms with Crippen LogP contribution in [0.15, 0.2) is 12.7 Å². The molecule has 0 aliphatic rings. The summed E-state index contributed by atoms with van der Waals surface area (Å²) in [6.45, 7) is 3.78. The normalized spacial score (nSPS) is 11.3. The molecule has 0 aromatic heterocycles. The minimum atomic E-state index is -1.29. The van der Waals surface area contributed by atoms with Gasteiger partial charge < -0.3 is 8.85 Å². The average molecular weight is 371 g/mol. The Morgan fingerprint density at radius 1 is 0.560 bits per heavy atom. The molecule has 0 N–H and O–H groups in total. The molecule has 0 rings (SSSR count). The molecule has 0 aromatic rings. The third kappa shape index (κ3) is 20.0. The van der Waals surface area contributed by atoms with Crippen molar-refractivity contribution in [3.05, 3.63) is 12.7 Å². The third-order valence-corrected chi connectivity index (χ3v) is 7.06. The summed E-state index contributed by atoms with van der Waals surface area (Å²) < 4.78 is 10.7. The highest BCUT2D eigenvalue weighted by atomic mass is 28.3. The van der Waals surface area contributed by atoms with Crippen molar-refractivity contribution in [2.75, 3.05) is 14.2 Å². The molecule has 2 nitrogen and oxygen atoms in total. The summed E-state index contributed by atoms with van der Waals surface area (Å²) in [7, 11) is 2.28. The van der Waals surface area contributed by atoms with Crippen LogP contribution in [0.25, 0.3) is 0 Å². The molecule has 0 spiro atoms. The van der Waals surface area contributed by atoms with Crippen LogP contribution in [0.1, 0.15) is 109 Å². The first kappa shape index (κ1) is 24.9. The monoisotopic (exact) mass is 370 g/mol. The first-order valence-corrected chi connectivity index (χ1v) is 12.8. The van der Waals surface area contributed by atoms with Crippen LogP contribution in [-0.4, -0.2) is 23.5 Å². The first-order valence-electron chi connectivity index (χ1n) is 11.0. The Labute approximate surface area is 160 Å². The molecule has 0 heterocycles. The summed E-state index contributed by atoms with van der Waals surface area (Å²) in [5.74, 6) is 0. The van der Waals surface area contributed by atoms with E-state index in [2.05, 4.69) is 6.58 Å². The van der Waals surface area contributed by atoms with E-state index in [0.29, 0.717) is 0 Å². The lowest BCUT2D eigenvalue weighted by Crippen LogP contribution is -2.18. The predicted molar refractivity (Wildman–Crippen MR) is 115 cm³/mol. The van der Waals surface area contributed by atoms with Gasteiger partial charge in [-0.2, -0.15) is 0 Å². The molecular weight excluding hydrogens is 324 g/mol. The average Bonchev–Trinajstić information content (AvgIpc) is 2.64. The number of hydrogen-bond acceptors (Lipinski definition) is 2. The highest BCUT2D eigenvalue weighted by molar-refractivity contribution is 6.44. The zero-order valence-electron chi connectivity index (χ0n) is 17.4. The summed E-state index contributed by atoms with van der Waals surface area (Å²) in [5.41, 5.74) is 0. The van der Waals surface area contributed by atoms with Crippen molar-refractivity contribution in [1.82, 2.24) is 0 Å². The molecule has 0 bridgehead atoms. The summed E-state index contributed by atoms with van der Waals surface area (Å²) in [4.78, 5) is 0. The van der Waals surface area contributed by atoms with Gasteiger partial charge in [-0.25, -0.2) is 0 Å². The molecule has 0 fully saturated rings. The van der Waals surface area contributed by atoms with Gasteiger partial charge in [-0.1, -0.05) is 102 Å². The number of unbranched alkanes of at least 4 members (excludes halogenated alkanes) is 16. The zero-order valence-corrected chi connectivity index (χ0v) is 18.6. The lowest BCUT2D eigenvalue weighted by Gasteiger charge is -2.10. The van der Waals surface area contributed by atoms with Crippen LogP contribution in [0, 0.1) is 0 Å². The topological polar surface area (TPSA) is 18.5 Å². The number of rotatable bonds is 21. The zero-order chi connectivity index (χ0) is 18.4. The Balaban J connectivity index is 3.04. The van der Waals surface area contributed by atoms with Gasteiger partial charge in [-0.15, -0.1) is 6.58 Å². The molecule has 0 radical (unpaired) electrons. The molecule has 0 aliphatic carbocycles. The molecule has 0 aromatic carbocycles. The lowest BCUT2D eigenvalue weighted by molar-refractivity contribution is 0.276. The molecule has 25 heavy (non-hydrogen) atoms. The highest BCUT2D eigenvalue weighted by Gasteiger charge is 2.07. The van der Waals surface area contributed by atoms with Crippen LogP contribution in [0.3, 0.4) is 0 Å². The van der Waals surface area contributed by atoms with E-state index >= 15 is 0 Å². The first-order chi connectivity index (χ1) is 12.3. The van der Waals surface area contributed by atoms with Crippen LogP contribution in [0.5, 0.6) is 0 Å². The Hall–Kier alpha value is -0.123. The summed E-state index contributed by atoms with van der Waals surface area (Å²) in [5, 5.41) is 0. The quantitative estimate of drug-likeness (QED) is 0.120. The van der Waals surface area contributed by atoms with Gasteiger partial charge in [0.15, 0.2) is 0 Å². The summed E-state index contributed by atoms with van der Waals surface area (Å²) >= 11 is 0. The highest BCUT2D eigenvalue weighted by Crippen LogP contribution is 2.14. The van der Waals surface area contributed by atoms with Gasteiger partial charge in [-0.05, 0) is 18.9 Å². The molecule has 0 saturated carbocycles. The summed E-state index contributed by atoms with van der Waals surface area (Å²) in [6, 6.07) is 1.17. The van der Waals surface area contributed by atoms with E-state index in [1.165, 1.54) is 115 Å². The molecule has 150 valence electrons. The molecule has 0 atom stereocenters. The van der Waals surface area contributed by atoms with E-state index in [9.17, 15) is 0 Å². The van der Waals surface area contributed by atoms with Crippen molar-refractivity contribution >= 4 is 9.28 Å². The van der Waals surface area contributed by atoms with Crippen LogP contribution in [0.4, 0.5) is 0 Å². The Kier molecular flexibility index (Phi) is 21.8. The molecule has 3 heteroatoms. The second kappa shape index (κ2) is 21.9. The van der Waals surface area contributed by atoms with Crippen molar-refractivity contribution in [1.29, 1.82) is 0 Å². The van der Waals surface area contributed by atoms with Crippen LogP contribution in [0.2, 0.25) is 6.04 Å². The fourth-order valence-corrected chi connectivity index (χ4v) is 4.69. The fraction of sp³-hybridized carbons (Fsp3) is 0.909. The fourth-order valence-electron chi connectivity index (χ4n) is 3.41. The SMILES string of the molecule is C=CCCCCCCCCCCCCCCCCCC[SiH](OC)OC. The number of hydrogen-bond donors (Lipinski definition) is 0. The third-order valence-electron chi connectivity index (χ3n) is 5.12. The van der Waals surface area contributed by atoms with E-state index in [-0.39, 0.29) is 0 Å². The van der Waals surface area contributed by atoms with Gasteiger partial charge in [0.1, 0.15) is 0 Å². The minimum absolute atomic E-state index is 1.17. The van der Waals surface area contributed by atoms with E-state index in [1.54, 1.807) is 14.2 Å². The standard InChI is InChI=1S/C22H46O2Si/c1-4-5-6-7-8-9-10-11-12-13-14-15-16-17-18-19-20-21-22-25(23-2)24-3/h4,25H,1,5-22H2,2-3H3. The van der Waals surface area contributed by atoms with E-state index in [0.717, 1.165) is 0 Å². The van der Waals surface area contributed by atoms with Crippen molar-refractivity contribution in [2.45, 2.75) is 115 Å². The van der Waals surface area contributed by atoms with Gasteiger partial charge in [-0.3, -0.25) is 0 Å². The maximum Gasteiger partial charge on any atom is 0.320 e. The van der Waals surface area contributed by atoms with Crippen LogP contribution < -0.4 is 0 Å². The smallest absolute Gasteiger partial charge is 0.320 e. The van der Waals surface area contributed by atoms with Crippen molar-refractivity contribution in [2.24, 2.45) is 0 Å². The number of allylic oxidation sites excluding steroid dienone is 1. The van der Waals surface area contributed by atoms with Gasteiger partial charge in [0.05, 0.1) is 0 Å². The van der Waals surface area contributed by atoms with Gasteiger partial charge in [0, 0.05) is 14.2 Å². The van der Waals surface area contributed by atoms with Gasteiger partial charge >= 0.3 is 9.28 Å². The van der Waals surface area contributed by atoms with Crippen molar-refractivity contribution in [3.8, 4) is 0 Å². The Morgan fingerprint density at radius 2 is 0.880 bits per heavy atom. The molecular formula is C22H46O2Si. The Morgan fingerprint density at radius 3 is 1.20 bits per heavy atom. The minimum Gasteiger partial charge on any atom is -0.400 e. The van der Waals surface area contributed by atoms with E-state index in [1.807, 2.05) is 6.08 Å². The lowest BCUT2D eigenvalue weighted by atomic mass is 10.0. The maximum atomic E-state index is 5.35.